The van der Waals surface area contributed by atoms with Gasteiger partial charge < -0.3 is 9.84 Å². The number of esters is 1. The Morgan fingerprint density at radius 1 is 1.31 bits per heavy atom. The monoisotopic (exact) mass is 182 g/mol. The number of carboxylic acids is 1. The molecule has 0 saturated carbocycles. The van der Waals surface area contributed by atoms with Gasteiger partial charge in [-0.2, -0.15) is 0 Å². The van der Waals surface area contributed by atoms with Crippen LogP contribution in [0.2, 0.25) is 0 Å². The molecule has 0 amide bonds. The van der Waals surface area contributed by atoms with Gasteiger partial charge in [-0.25, -0.2) is 0 Å². The number of carbonyl (C=O) groups is 2. The van der Waals surface area contributed by atoms with Gasteiger partial charge in [0.15, 0.2) is 0 Å². The Kier molecular flexibility index (Phi) is 11.1. The first kappa shape index (κ1) is 15.0. The maximum atomic E-state index is 10.6. The first-order chi connectivity index (χ1) is 5.66. The molecule has 1 N–H and O–H groups in total. The summed E-state index contributed by atoms with van der Waals surface area (Å²) in [6.45, 7) is 2.37. The summed E-state index contributed by atoms with van der Waals surface area (Å²) in [5.41, 5.74) is 0. The van der Waals surface area contributed by atoms with Crippen molar-refractivity contribution >= 4 is 30.8 Å². The molecule has 0 atom stereocenters. The van der Waals surface area contributed by atoms with Crippen LogP contribution in [0.15, 0.2) is 0 Å². The van der Waals surface area contributed by atoms with Gasteiger partial charge in [0.1, 0.15) is 6.42 Å². The van der Waals surface area contributed by atoms with Crippen LogP contribution in [0.5, 0.6) is 0 Å². The van der Waals surface area contributed by atoms with E-state index in [2.05, 4.69) is 4.74 Å². The summed E-state index contributed by atoms with van der Waals surface area (Å²) in [6.07, 6.45) is 2.32. The molecule has 0 aromatic heterocycles. The van der Waals surface area contributed by atoms with Crippen LogP contribution < -0.4 is 0 Å². The fraction of sp³-hybridized carbons (Fsp3) is 0.750. The zero-order valence-corrected chi connectivity index (χ0v) is 7.21. The molecule has 0 aliphatic rings. The van der Waals surface area contributed by atoms with E-state index in [9.17, 15) is 9.59 Å². The van der Waals surface area contributed by atoms with Crippen molar-refractivity contribution in [3.63, 3.8) is 0 Å². The average Bonchev–Trinajstić information content (AvgIpc) is 1.97. The summed E-state index contributed by atoms with van der Waals surface area (Å²) in [5.74, 6) is -1.80. The van der Waals surface area contributed by atoms with E-state index >= 15 is 0 Å². The van der Waals surface area contributed by atoms with E-state index in [-0.39, 0.29) is 18.9 Å². The summed E-state index contributed by atoms with van der Waals surface area (Å²) in [4.78, 5) is 20.6. The molecule has 0 aromatic rings. The molecule has 4 nitrogen and oxygen atoms in total. The molecular weight excluding hydrogens is 167 g/mol. The Morgan fingerprint density at radius 3 is 2.38 bits per heavy atom. The summed E-state index contributed by atoms with van der Waals surface area (Å²) >= 11 is 0. The Bertz CT molecular complexity index is 158. The van der Waals surface area contributed by atoms with E-state index in [0.717, 1.165) is 19.3 Å². The minimum atomic E-state index is -1.14. The van der Waals surface area contributed by atoms with E-state index < -0.39 is 18.4 Å². The molecule has 0 saturated heterocycles. The molecule has 0 aliphatic heterocycles. The van der Waals surface area contributed by atoms with Crippen LogP contribution in [0.3, 0.4) is 0 Å². The maximum absolute atomic E-state index is 10.6. The van der Waals surface area contributed by atoms with Crippen molar-refractivity contribution in [2.75, 3.05) is 6.61 Å². The molecule has 13 heavy (non-hydrogen) atoms. The fourth-order valence-corrected chi connectivity index (χ4v) is 0.713. The van der Waals surface area contributed by atoms with Crippen molar-refractivity contribution in [1.82, 2.24) is 0 Å². The fourth-order valence-electron chi connectivity index (χ4n) is 0.713. The molecule has 0 spiro atoms. The summed E-state index contributed by atoms with van der Waals surface area (Å²) < 4.78 is 4.64. The van der Waals surface area contributed by atoms with E-state index in [1.54, 1.807) is 0 Å². The zero-order valence-electron chi connectivity index (χ0n) is 7.21. The molecule has 0 aliphatic carbocycles. The molecular formula is C8H15LiO4. The minimum absolute atomic E-state index is 0. The van der Waals surface area contributed by atoms with E-state index in [1.165, 1.54) is 0 Å². The van der Waals surface area contributed by atoms with Gasteiger partial charge in [0.05, 0.1) is 6.61 Å². The number of ether oxygens (including phenoxy) is 1. The topological polar surface area (TPSA) is 63.6 Å². The third-order valence-corrected chi connectivity index (χ3v) is 1.31. The molecule has 0 heterocycles. The second-order valence-corrected chi connectivity index (χ2v) is 2.50. The summed E-state index contributed by atoms with van der Waals surface area (Å²) in [7, 11) is 0. The van der Waals surface area contributed by atoms with Crippen LogP contribution in [0.1, 0.15) is 32.6 Å². The number of hydrogen-bond acceptors (Lipinski definition) is 3. The van der Waals surface area contributed by atoms with Gasteiger partial charge in [0.2, 0.25) is 0 Å². The predicted molar refractivity (Wildman–Crippen MR) is 49.9 cm³/mol. The van der Waals surface area contributed by atoms with Crippen molar-refractivity contribution < 1.29 is 19.4 Å². The zero-order chi connectivity index (χ0) is 9.40. The normalized spacial score (nSPS) is 8.69. The third kappa shape index (κ3) is 11.5. The number of aliphatic carboxylic acids is 1. The van der Waals surface area contributed by atoms with E-state index in [1.807, 2.05) is 6.92 Å². The summed E-state index contributed by atoms with van der Waals surface area (Å²) in [6, 6.07) is 0. The van der Waals surface area contributed by atoms with Crippen LogP contribution in [0.25, 0.3) is 0 Å². The molecule has 5 heteroatoms. The number of carboxylic acid groups (broad SMARTS) is 1. The molecule has 0 unspecified atom stereocenters. The number of unbranched alkanes of at least 4 members (excludes halogenated alkanes) is 2. The van der Waals surface area contributed by atoms with Gasteiger partial charge in [-0.15, -0.1) is 0 Å². The first-order valence-corrected chi connectivity index (χ1v) is 4.04. The first-order valence-electron chi connectivity index (χ1n) is 4.04. The molecule has 0 bridgehead atoms. The van der Waals surface area contributed by atoms with Gasteiger partial charge in [0, 0.05) is 0 Å². The molecule has 0 aromatic carbocycles. The number of rotatable bonds is 6. The standard InChI is InChI=1S/C8H14O4.Li.H/c1-2-3-4-5-12-8(11)6-7(9)10;;/h2-6H2,1H3,(H,9,10);;. The quantitative estimate of drug-likeness (QED) is 0.282. The van der Waals surface area contributed by atoms with Crippen LogP contribution >= 0.6 is 0 Å². The number of carbonyl (C=O) groups excluding carboxylic acids is 1. The Balaban J connectivity index is 0. The van der Waals surface area contributed by atoms with Gasteiger partial charge in [0.25, 0.3) is 0 Å². The van der Waals surface area contributed by atoms with Crippen LogP contribution in [-0.2, 0) is 14.3 Å². The number of hydrogen-bond donors (Lipinski definition) is 1. The second-order valence-electron chi connectivity index (χ2n) is 2.50. The van der Waals surface area contributed by atoms with Crippen LogP contribution in [0.4, 0.5) is 0 Å². The Morgan fingerprint density at radius 2 is 1.92 bits per heavy atom. The molecule has 0 rings (SSSR count). The van der Waals surface area contributed by atoms with Crippen molar-refractivity contribution in [2.45, 2.75) is 32.6 Å². The molecule has 0 radical (unpaired) electrons. The molecule has 72 valence electrons. The van der Waals surface area contributed by atoms with Gasteiger partial charge in [-0.1, -0.05) is 19.8 Å². The van der Waals surface area contributed by atoms with Crippen molar-refractivity contribution in [2.24, 2.45) is 0 Å². The molecule has 0 fully saturated rings. The Labute approximate surface area is 89.8 Å². The van der Waals surface area contributed by atoms with Gasteiger partial charge in [-0.3, -0.25) is 9.59 Å². The van der Waals surface area contributed by atoms with E-state index in [4.69, 9.17) is 5.11 Å². The summed E-state index contributed by atoms with van der Waals surface area (Å²) in [5, 5.41) is 8.19. The SMILES string of the molecule is CCCCCOC(=O)CC(=O)O.[LiH]. The van der Waals surface area contributed by atoms with E-state index in [0.29, 0.717) is 6.61 Å². The van der Waals surface area contributed by atoms with Crippen LogP contribution in [0, 0.1) is 0 Å². The van der Waals surface area contributed by atoms with Gasteiger partial charge >= 0.3 is 30.8 Å². The average molecular weight is 182 g/mol. The predicted octanol–water partition coefficient (Wildman–Crippen LogP) is 0.546. The van der Waals surface area contributed by atoms with Crippen LogP contribution in [-0.4, -0.2) is 42.5 Å². The van der Waals surface area contributed by atoms with Crippen molar-refractivity contribution in [3.05, 3.63) is 0 Å². The van der Waals surface area contributed by atoms with Crippen molar-refractivity contribution in [3.8, 4) is 0 Å². The second kappa shape index (κ2) is 9.62. The Hall–Kier alpha value is -0.463. The van der Waals surface area contributed by atoms with Gasteiger partial charge in [-0.05, 0) is 6.42 Å². The third-order valence-electron chi connectivity index (χ3n) is 1.31. The van der Waals surface area contributed by atoms with Crippen molar-refractivity contribution in [1.29, 1.82) is 0 Å².